The summed E-state index contributed by atoms with van der Waals surface area (Å²) in [4.78, 5) is 0. The molecule has 0 aliphatic heterocycles. The lowest BCUT2D eigenvalue weighted by atomic mass is 10.7. The monoisotopic (exact) mass is 116 g/mol. The molecule has 0 rings (SSSR count). The number of thiocarbonyl (C=S) groups is 1. The topological polar surface area (TPSA) is 0 Å². The van der Waals surface area contributed by atoms with Crippen LogP contribution in [0.25, 0.3) is 0 Å². The van der Waals surface area contributed by atoms with Crippen molar-refractivity contribution >= 4 is 29.0 Å². The van der Waals surface area contributed by atoms with Crippen LogP contribution in [0, 0.1) is 0 Å². The van der Waals surface area contributed by atoms with Gasteiger partial charge in [0.1, 0.15) is 0 Å². The molecule has 0 nitrogen and oxygen atoms in total. The van der Waals surface area contributed by atoms with E-state index in [0.717, 1.165) is 0 Å². The van der Waals surface area contributed by atoms with E-state index in [4.69, 9.17) is 0 Å². The molecule has 0 radical (unpaired) electrons. The van der Waals surface area contributed by atoms with Crippen molar-refractivity contribution in [3.8, 4) is 0 Å². The Balaban J connectivity index is 3.60. The molecule has 0 atom stereocenters. The van der Waals surface area contributed by atoms with Crippen molar-refractivity contribution in [2.24, 2.45) is 0 Å². The van der Waals surface area contributed by atoms with E-state index in [2.05, 4.69) is 37.2 Å². The van der Waals surface area contributed by atoms with Crippen molar-refractivity contribution in [3.63, 3.8) is 0 Å². The second-order valence-electron chi connectivity index (χ2n) is 0.687. The lowest BCUT2D eigenvalue weighted by Gasteiger charge is -1.67. The van der Waals surface area contributed by atoms with Crippen LogP contribution < -0.4 is 0 Å². The van der Waals surface area contributed by atoms with E-state index < -0.39 is 0 Å². The second kappa shape index (κ2) is 3.16. The first-order valence-electron chi connectivity index (χ1n) is 1.36. The van der Waals surface area contributed by atoms with Gasteiger partial charge in [0.05, 0.1) is 4.20 Å². The zero-order valence-corrected chi connectivity index (χ0v) is 4.85. The Kier molecular flexibility index (Phi) is 3.14. The van der Waals surface area contributed by atoms with Gasteiger partial charge in [-0.05, 0) is 0 Å². The Labute approximate surface area is 48.0 Å². The number of hydrogen-bond donors (Lipinski definition) is 1. The third kappa shape index (κ3) is 3.96. The molecule has 0 saturated carbocycles. The third-order valence-corrected chi connectivity index (χ3v) is 0.472. The van der Waals surface area contributed by atoms with Crippen LogP contribution in [-0.4, -0.2) is 4.20 Å². The smallest absolute Gasteiger partial charge is 0.0752 e. The minimum Gasteiger partial charge on any atom is -0.131 e. The SMILES string of the molecule is C=C=CC(=S)S. The fraction of sp³-hybridized carbons (Fsp3) is 0. The molecular formula is C4H4S2. The van der Waals surface area contributed by atoms with Gasteiger partial charge >= 0.3 is 0 Å². The first-order chi connectivity index (χ1) is 2.77. The van der Waals surface area contributed by atoms with E-state index >= 15 is 0 Å². The highest BCUT2D eigenvalue weighted by Gasteiger charge is 1.67. The summed E-state index contributed by atoms with van der Waals surface area (Å²) in [5.41, 5.74) is 2.47. The van der Waals surface area contributed by atoms with Crippen molar-refractivity contribution in [2.75, 3.05) is 0 Å². The average Bonchev–Trinajstić information content (AvgIpc) is 1.35. The van der Waals surface area contributed by atoms with Gasteiger partial charge in [-0.2, -0.15) is 0 Å². The number of thiol groups is 1. The van der Waals surface area contributed by atoms with E-state index in [1.807, 2.05) is 0 Å². The third-order valence-electron chi connectivity index (χ3n) is 0.226. The summed E-state index contributed by atoms with van der Waals surface area (Å²) in [5, 5.41) is 0. The molecule has 6 heavy (non-hydrogen) atoms. The van der Waals surface area contributed by atoms with Crippen LogP contribution in [0.2, 0.25) is 0 Å². The summed E-state index contributed by atoms with van der Waals surface area (Å²) < 4.78 is 0.519. The van der Waals surface area contributed by atoms with Gasteiger partial charge in [0.25, 0.3) is 0 Å². The zero-order chi connectivity index (χ0) is 4.99. The van der Waals surface area contributed by atoms with E-state index in [1.54, 1.807) is 0 Å². The van der Waals surface area contributed by atoms with Crippen LogP contribution in [-0.2, 0) is 0 Å². The molecule has 0 aliphatic carbocycles. The Morgan fingerprint density at radius 3 is 2.50 bits per heavy atom. The molecule has 0 aromatic rings. The highest BCUT2D eigenvalue weighted by atomic mass is 32.1. The quantitative estimate of drug-likeness (QED) is 0.235. The van der Waals surface area contributed by atoms with Gasteiger partial charge in [0.15, 0.2) is 0 Å². The predicted octanol–water partition coefficient (Wildman–Crippen LogP) is 1.58. The van der Waals surface area contributed by atoms with Gasteiger partial charge in [-0.3, -0.25) is 0 Å². The maximum absolute atomic E-state index is 4.50. The van der Waals surface area contributed by atoms with Gasteiger partial charge in [0, 0.05) is 6.08 Å². The minimum absolute atomic E-state index is 0.519. The molecule has 0 heterocycles. The predicted molar refractivity (Wildman–Crippen MR) is 35.3 cm³/mol. The molecule has 0 fully saturated rings. The highest BCUT2D eigenvalue weighted by molar-refractivity contribution is 8.11. The summed E-state index contributed by atoms with van der Waals surface area (Å²) in [6.45, 7) is 3.28. The van der Waals surface area contributed by atoms with Crippen LogP contribution in [0.15, 0.2) is 18.4 Å². The molecule has 0 N–H and O–H groups in total. The molecule has 0 aromatic carbocycles. The molecular weight excluding hydrogens is 112 g/mol. The van der Waals surface area contributed by atoms with Gasteiger partial charge < -0.3 is 0 Å². The summed E-state index contributed by atoms with van der Waals surface area (Å²) >= 11 is 8.25. The van der Waals surface area contributed by atoms with Gasteiger partial charge in [-0.15, -0.1) is 18.4 Å². The number of hydrogen-bond acceptors (Lipinski definition) is 1. The van der Waals surface area contributed by atoms with Crippen molar-refractivity contribution in [2.45, 2.75) is 0 Å². The molecule has 0 spiro atoms. The van der Waals surface area contributed by atoms with E-state index in [0.29, 0.717) is 4.20 Å². The molecule has 0 aliphatic rings. The van der Waals surface area contributed by atoms with Gasteiger partial charge in [-0.1, -0.05) is 18.8 Å². The molecule has 0 bridgehead atoms. The maximum atomic E-state index is 4.50. The van der Waals surface area contributed by atoms with Crippen LogP contribution in [0.4, 0.5) is 0 Å². The van der Waals surface area contributed by atoms with Crippen LogP contribution in [0.3, 0.4) is 0 Å². The van der Waals surface area contributed by atoms with Crippen molar-refractivity contribution in [1.29, 1.82) is 0 Å². The van der Waals surface area contributed by atoms with Crippen molar-refractivity contribution in [1.82, 2.24) is 0 Å². The highest BCUT2D eigenvalue weighted by Crippen LogP contribution is 1.81. The summed E-state index contributed by atoms with van der Waals surface area (Å²) in [5.74, 6) is 0. The largest absolute Gasteiger partial charge is 0.131 e. The van der Waals surface area contributed by atoms with Crippen LogP contribution in [0.5, 0.6) is 0 Å². The van der Waals surface area contributed by atoms with Crippen LogP contribution >= 0.6 is 24.8 Å². The standard InChI is InChI=1S/C4H4S2/c1-2-3-4(5)6/h3H,1H2,(H,5,6). The second-order valence-corrected chi connectivity index (χ2v) is 1.91. The maximum Gasteiger partial charge on any atom is 0.0752 e. The normalized spacial score (nSPS) is 6.17. The first-order valence-corrected chi connectivity index (χ1v) is 2.21. The Morgan fingerprint density at radius 2 is 2.50 bits per heavy atom. The Bertz CT molecular complexity index is 98.1. The molecule has 32 valence electrons. The summed E-state index contributed by atoms with van der Waals surface area (Å²) in [7, 11) is 0. The zero-order valence-electron chi connectivity index (χ0n) is 3.14. The van der Waals surface area contributed by atoms with E-state index in [1.165, 1.54) is 6.08 Å². The van der Waals surface area contributed by atoms with E-state index in [9.17, 15) is 0 Å². The van der Waals surface area contributed by atoms with Gasteiger partial charge in [-0.25, -0.2) is 0 Å². The summed E-state index contributed by atoms with van der Waals surface area (Å²) in [6.07, 6.45) is 1.53. The van der Waals surface area contributed by atoms with Crippen molar-refractivity contribution in [3.05, 3.63) is 18.4 Å². The lowest BCUT2D eigenvalue weighted by molar-refractivity contribution is 2.37. The fourth-order valence-corrected chi connectivity index (χ4v) is 0.262. The fourth-order valence-electron chi connectivity index (χ4n) is 0.0873. The molecule has 2 heteroatoms. The van der Waals surface area contributed by atoms with Crippen LogP contribution in [0.1, 0.15) is 0 Å². The lowest BCUT2D eigenvalue weighted by Crippen LogP contribution is -1.63. The minimum atomic E-state index is 0.519. The van der Waals surface area contributed by atoms with Gasteiger partial charge in [0.2, 0.25) is 0 Å². The summed E-state index contributed by atoms with van der Waals surface area (Å²) in [6, 6.07) is 0. The molecule has 0 unspecified atom stereocenters. The Morgan fingerprint density at radius 1 is 2.00 bits per heavy atom. The number of rotatable bonds is 1. The van der Waals surface area contributed by atoms with E-state index in [-0.39, 0.29) is 0 Å². The average molecular weight is 116 g/mol. The Hall–Kier alpha value is -0.0400. The first kappa shape index (κ1) is 5.96. The van der Waals surface area contributed by atoms with Crippen molar-refractivity contribution < 1.29 is 0 Å². The molecule has 0 saturated heterocycles. The molecule has 0 aromatic heterocycles. The molecule has 0 amide bonds.